The van der Waals surface area contributed by atoms with Crippen LogP contribution in [0.5, 0.6) is 0 Å². The van der Waals surface area contributed by atoms with Gasteiger partial charge in [-0.1, -0.05) is 0 Å². The fraction of sp³-hybridized carbons (Fsp3) is 0.250. The second-order valence-corrected chi connectivity index (χ2v) is 5.62. The molecule has 0 bridgehead atoms. The number of anilines is 1. The molecular formula is C16H14FN5O2. The molecule has 1 fully saturated rings. The lowest BCUT2D eigenvalue weighted by atomic mass is 10.0. The summed E-state index contributed by atoms with van der Waals surface area (Å²) in [5.74, 6) is 0.631. The predicted octanol–water partition coefficient (Wildman–Crippen LogP) is 1.54. The lowest BCUT2D eigenvalue weighted by Crippen LogP contribution is -2.51. The number of aromatic nitrogens is 4. The number of methoxy groups -OCH3 is 1. The summed E-state index contributed by atoms with van der Waals surface area (Å²) in [5.41, 5.74) is 1.33. The van der Waals surface area contributed by atoms with Crippen LogP contribution < -0.4 is 4.90 Å². The normalized spacial score (nSPS) is 14.7. The first-order valence-electron chi connectivity index (χ1n) is 7.47. The summed E-state index contributed by atoms with van der Waals surface area (Å²) >= 11 is 0. The molecule has 0 atom stereocenters. The number of carbonyl (C=O) groups excluding carboxylic acids is 1. The number of ether oxygens (including phenoxy) is 1. The van der Waals surface area contributed by atoms with Gasteiger partial charge in [0, 0.05) is 18.7 Å². The van der Waals surface area contributed by atoms with E-state index in [-0.39, 0.29) is 17.7 Å². The van der Waals surface area contributed by atoms with Crippen LogP contribution >= 0.6 is 0 Å². The zero-order valence-corrected chi connectivity index (χ0v) is 12.9. The summed E-state index contributed by atoms with van der Waals surface area (Å²) in [4.78, 5) is 13.5. The van der Waals surface area contributed by atoms with Crippen molar-refractivity contribution in [3.8, 4) is 11.4 Å². The third kappa shape index (κ3) is 2.36. The highest BCUT2D eigenvalue weighted by Crippen LogP contribution is 2.25. The van der Waals surface area contributed by atoms with Gasteiger partial charge in [-0.15, -0.1) is 15.3 Å². The topological polar surface area (TPSA) is 72.6 Å². The number of benzene rings is 1. The molecule has 1 aliphatic rings. The molecule has 1 saturated heterocycles. The van der Waals surface area contributed by atoms with Gasteiger partial charge in [-0.2, -0.15) is 4.52 Å². The number of carbonyl (C=O) groups is 1. The molecule has 7 nitrogen and oxygen atoms in total. The van der Waals surface area contributed by atoms with Crippen LogP contribution in [0.2, 0.25) is 0 Å². The van der Waals surface area contributed by atoms with Gasteiger partial charge in [0.15, 0.2) is 11.5 Å². The van der Waals surface area contributed by atoms with E-state index in [9.17, 15) is 9.18 Å². The van der Waals surface area contributed by atoms with Crippen molar-refractivity contribution < 1.29 is 13.9 Å². The van der Waals surface area contributed by atoms with E-state index in [0.717, 1.165) is 11.4 Å². The van der Waals surface area contributed by atoms with Gasteiger partial charge < -0.3 is 9.64 Å². The Hall–Kier alpha value is -3.03. The molecule has 1 aromatic carbocycles. The summed E-state index contributed by atoms with van der Waals surface area (Å²) in [6, 6.07) is 9.67. The molecule has 1 aliphatic heterocycles. The largest absolute Gasteiger partial charge is 0.469 e. The number of hydrogen-bond acceptors (Lipinski definition) is 6. The van der Waals surface area contributed by atoms with Crippen molar-refractivity contribution in [1.82, 2.24) is 19.8 Å². The van der Waals surface area contributed by atoms with Gasteiger partial charge in [0.1, 0.15) is 11.6 Å². The Bertz CT molecular complexity index is 902. The quantitative estimate of drug-likeness (QED) is 0.680. The van der Waals surface area contributed by atoms with Crippen LogP contribution in [0.25, 0.3) is 17.0 Å². The van der Waals surface area contributed by atoms with E-state index < -0.39 is 0 Å². The molecule has 0 N–H and O–H groups in total. The average molecular weight is 327 g/mol. The number of halogens is 1. The standard InChI is InChI=1S/C16H14FN5O2/c1-24-16(23)11-8-21(9-11)14-7-6-13-18-19-15(22(13)20-14)10-2-4-12(17)5-3-10/h2-7,11H,8-9H2,1H3. The van der Waals surface area contributed by atoms with E-state index in [4.69, 9.17) is 4.74 Å². The fourth-order valence-corrected chi connectivity index (χ4v) is 2.71. The predicted molar refractivity (Wildman–Crippen MR) is 83.9 cm³/mol. The molecule has 122 valence electrons. The van der Waals surface area contributed by atoms with Gasteiger partial charge >= 0.3 is 5.97 Å². The minimum atomic E-state index is -0.310. The van der Waals surface area contributed by atoms with Crippen LogP contribution in [0.3, 0.4) is 0 Å². The van der Waals surface area contributed by atoms with Gasteiger partial charge in [-0.05, 0) is 36.4 Å². The average Bonchev–Trinajstić information content (AvgIpc) is 2.97. The Morgan fingerprint density at radius 1 is 1.17 bits per heavy atom. The van der Waals surface area contributed by atoms with E-state index in [1.807, 2.05) is 17.0 Å². The van der Waals surface area contributed by atoms with Crippen molar-refractivity contribution >= 4 is 17.4 Å². The van der Waals surface area contributed by atoms with E-state index >= 15 is 0 Å². The van der Waals surface area contributed by atoms with Gasteiger partial charge in [-0.25, -0.2) is 4.39 Å². The highest BCUT2D eigenvalue weighted by Gasteiger charge is 2.34. The molecule has 0 saturated carbocycles. The van der Waals surface area contributed by atoms with Crippen LogP contribution in [0.4, 0.5) is 10.2 Å². The first kappa shape index (κ1) is 14.6. The van der Waals surface area contributed by atoms with Crippen LogP contribution in [-0.2, 0) is 9.53 Å². The van der Waals surface area contributed by atoms with Crippen LogP contribution in [-0.4, -0.2) is 46.0 Å². The maximum atomic E-state index is 13.1. The Morgan fingerprint density at radius 3 is 2.62 bits per heavy atom. The molecule has 0 aliphatic carbocycles. The Kier molecular flexibility index (Phi) is 3.37. The lowest BCUT2D eigenvalue weighted by Gasteiger charge is -2.38. The van der Waals surface area contributed by atoms with E-state index in [2.05, 4.69) is 15.3 Å². The zero-order valence-electron chi connectivity index (χ0n) is 12.9. The van der Waals surface area contributed by atoms with Crippen LogP contribution in [0.1, 0.15) is 0 Å². The van der Waals surface area contributed by atoms with Crippen LogP contribution in [0, 0.1) is 11.7 Å². The molecule has 0 radical (unpaired) electrons. The highest BCUT2D eigenvalue weighted by molar-refractivity contribution is 5.76. The van der Waals surface area contributed by atoms with Gasteiger partial charge in [0.05, 0.1) is 13.0 Å². The van der Waals surface area contributed by atoms with E-state index in [0.29, 0.717) is 24.6 Å². The van der Waals surface area contributed by atoms with Crippen molar-refractivity contribution in [3.63, 3.8) is 0 Å². The van der Waals surface area contributed by atoms with Gasteiger partial charge in [-0.3, -0.25) is 4.79 Å². The fourth-order valence-electron chi connectivity index (χ4n) is 2.71. The molecule has 4 rings (SSSR count). The first-order chi connectivity index (χ1) is 11.7. The second kappa shape index (κ2) is 5.55. The number of fused-ring (bicyclic) bond motifs is 1. The van der Waals surface area contributed by atoms with E-state index in [1.165, 1.54) is 19.2 Å². The molecule has 8 heteroatoms. The SMILES string of the molecule is COC(=O)C1CN(c2ccc3nnc(-c4ccc(F)cc4)n3n2)C1. The lowest BCUT2D eigenvalue weighted by molar-refractivity contribution is -0.146. The van der Waals surface area contributed by atoms with Gasteiger partial charge in [0.2, 0.25) is 0 Å². The maximum absolute atomic E-state index is 13.1. The van der Waals surface area contributed by atoms with Gasteiger partial charge in [0.25, 0.3) is 0 Å². The number of hydrogen-bond donors (Lipinski definition) is 0. The Morgan fingerprint density at radius 2 is 1.92 bits per heavy atom. The molecule has 3 aromatic rings. The molecular weight excluding hydrogens is 313 g/mol. The Labute approximate surface area is 136 Å². The summed E-state index contributed by atoms with van der Waals surface area (Å²) in [6.45, 7) is 1.14. The number of rotatable bonds is 3. The minimum absolute atomic E-state index is 0.120. The Balaban J connectivity index is 1.65. The van der Waals surface area contributed by atoms with Crippen molar-refractivity contribution in [2.45, 2.75) is 0 Å². The molecule has 3 heterocycles. The zero-order chi connectivity index (χ0) is 16.7. The van der Waals surface area contributed by atoms with Crippen molar-refractivity contribution in [3.05, 3.63) is 42.2 Å². The molecule has 24 heavy (non-hydrogen) atoms. The maximum Gasteiger partial charge on any atom is 0.312 e. The summed E-state index contributed by atoms with van der Waals surface area (Å²) in [5, 5.41) is 12.8. The van der Waals surface area contributed by atoms with Crippen molar-refractivity contribution in [2.75, 3.05) is 25.1 Å². The molecule has 2 aromatic heterocycles. The third-order valence-corrected chi connectivity index (χ3v) is 4.09. The second-order valence-electron chi connectivity index (χ2n) is 5.62. The minimum Gasteiger partial charge on any atom is -0.469 e. The highest BCUT2D eigenvalue weighted by atomic mass is 19.1. The first-order valence-corrected chi connectivity index (χ1v) is 7.47. The molecule has 0 spiro atoms. The monoisotopic (exact) mass is 327 g/mol. The number of esters is 1. The smallest absolute Gasteiger partial charge is 0.312 e. The summed E-state index contributed by atoms with van der Waals surface area (Å²) in [7, 11) is 1.39. The van der Waals surface area contributed by atoms with E-state index in [1.54, 1.807) is 16.6 Å². The number of nitrogens with zero attached hydrogens (tertiary/aromatic N) is 5. The molecule has 0 amide bonds. The summed E-state index contributed by atoms with van der Waals surface area (Å²) in [6.07, 6.45) is 0. The van der Waals surface area contributed by atoms with Crippen molar-refractivity contribution in [2.24, 2.45) is 5.92 Å². The summed E-state index contributed by atoms with van der Waals surface area (Å²) < 4.78 is 19.5. The third-order valence-electron chi connectivity index (χ3n) is 4.09. The van der Waals surface area contributed by atoms with Crippen molar-refractivity contribution in [1.29, 1.82) is 0 Å². The van der Waals surface area contributed by atoms with Crippen LogP contribution in [0.15, 0.2) is 36.4 Å². The molecule has 0 unspecified atom stereocenters.